The van der Waals surface area contributed by atoms with Crippen molar-refractivity contribution in [3.8, 4) is 0 Å². The van der Waals surface area contributed by atoms with Crippen molar-refractivity contribution in [2.45, 2.75) is 45.7 Å². The molecule has 4 heteroatoms. The summed E-state index contributed by atoms with van der Waals surface area (Å²) in [5.74, 6) is -0.250. The van der Waals surface area contributed by atoms with Crippen molar-refractivity contribution < 1.29 is 14.3 Å². The van der Waals surface area contributed by atoms with Gasteiger partial charge in [0.1, 0.15) is 5.76 Å². The number of furan rings is 1. The number of aryl methyl sites for hydroxylation is 1. The zero-order valence-electron chi connectivity index (χ0n) is 10.6. The second-order valence-corrected chi connectivity index (χ2v) is 5.33. The molecule has 94 valence electrons. The van der Waals surface area contributed by atoms with Gasteiger partial charge in [-0.1, -0.05) is 0 Å². The van der Waals surface area contributed by atoms with Crippen molar-refractivity contribution in [2.24, 2.45) is 0 Å². The Kier molecular flexibility index (Phi) is 3.00. The topological polar surface area (TPSA) is 53.7 Å². The lowest BCUT2D eigenvalue weighted by atomic mass is 10.0. The first-order valence-corrected chi connectivity index (χ1v) is 5.98. The van der Waals surface area contributed by atoms with E-state index in [0.29, 0.717) is 5.76 Å². The van der Waals surface area contributed by atoms with Crippen LogP contribution in [0, 0.1) is 6.92 Å². The van der Waals surface area contributed by atoms with Gasteiger partial charge in [0.25, 0.3) is 0 Å². The molecular weight excluding hydrogens is 218 g/mol. The van der Waals surface area contributed by atoms with Crippen LogP contribution in [0.2, 0.25) is 0 Å². The minimum absolute atomic E-state index is 0.0366. The molecule has 1 aromatic rings. The highest BCUT2D eigenvalue weighted by Gasteiger charge is 2.32. The van der Waals surface area contributed by atoms with Gasteiger partial charge in [0.05, 0.1) is 0 Å². The van der Waals surface area contributed by atoms with E-state index < -0.39 is 5.97 Å². The fourth-order valence-corrected chi connectivity index (χ4v) is 2.44. The third-order valence-electron chi connectivity index (χ3n) is 3.67. The predicted molar refractivity (Wildman–Crippen MR) is 64.1 cm³/mol. The molecule has 0 bridgehead atoms. The van der Waals surface area contributed by atoms with E-state index in [9.17, 15) is 4.79 Å². The van der Waals surface area contributed by atoms with Crippen LogP contribution in [-0.2, 0) is 6.54 Å². The molecule has 0 radical (unpaired) electrons. The van der Waals surface area contributed by atoms with E-state index >= 15 is 0 Å². The van der Waals surface area contributed by atoms with Crippen LogP contribution in [0.3, 0.4) is 0 Å². The van der Waals surface area contributed by atoms with Gasteiger partial charge >= 0.3 is 5.97 Å². The molecule has 2 rings (SSSR count). The van der Waals surface area contributed by atoms with Gasteiger partial charge < -0.3 is 9.52 Å². The molecule has 0 unspecified atom stereocenters. The Balaban J connectivity index is 2.16. The van der Waals surface area contributed by atoms with E-state index in [1.165, 1.54) is 12.8 Å². The molecule has 0 amide bonds. The van der Waals surface area contributed by atoms with E-state index in [2.05, 4.69) is 18.7 Å². The number of carbonyl (C=O) groups is 1. The summed E-state index contributed by atoms with van der Waals surface area (Å²) in [5.41, 5.74) is 1.19. The molecule has 0 saturated carbocycles. The molecule has 0 atom stereocenters. The Hall–Kier alpha value is -1.29. The molecule has 1 saturated heterocycles. The maximum atomic E-state index is 10.8. The van der Waals surface area contributed by atoms with Gasteiger partial charge in [-0.3, -0.25) is 4.90 Å². The fraction of sp³-hybridized carbons (Fsp3) is 0.615. The summed E-state index contributed by atoms with van der Waals surface area (Å²) < 4.78 is 5.23. The van der Waals surface area contributed by atoms with Crippen LogP contribution in [0.1, 0.15) is 48.6 Å². The molecule has 1 aliphatic rings. The Morgan fingerprint density at radius 3 is 2.76 bits per heavy atom. The average Bonchev–Trinajstić information content (AvgIpc) is 2.73. The molecule has 1 aromatic heterocycles. The van der Waals surface area contributed by atoms with Crippen molar-refractivity contribution in [1.29, 1.82) is 0 Å². The summed E-state index contributed by atoms with van der Waals surface area (Å²) in [6, 6.07) is 1.64. The number of carboxylic acids is 1. The minimum atomic E-state index is -1.000. The van der Waals surface area contributed by atoms with Gasteiger partial charge in [0.2, 0.25) is 5.76 Å². The molecule has 17 heavy (non-hydrogen) atoms. The van der Waals surface area contributed by atoms with E-state index in [0.717, 1.165) is 18.7 Å². The van der Waals surface area contributed by atoms with Crippen molar-refractivity contribution >= 4 is 5.97 Å². The van der Waals surface area contributed by atoms with Gasteiger partial charge in [-0.2, -0.15) is 0 Å². The zero-order valence-corrected chi connectivity index (χ0v) is 10.6. The van der Waals surface area contributed by atoms with Crippen molar-refractivity contribution in [3.63, 3.8) is 0 Å². The number of aromatic carboxylic acids is 1. The Morgan fingerprint density at radius 2 is 2.29 bits per heavy atom. The summed E-state index contributed by atoms with van der Waals surface area (Å²) in [6.07, 6.45) is 2.39. The molecule has 1 N–H and O–H groups in total. The van der Waals surface area contributed by atoms with Gasteiger partial charge in [0, 0.05) is 17.6 Å². The lowest BCUT2D eigenvalue weighted by Gasteiger charge is -2.31. The Bertz CT molecular complexity index is 434. The minimum Gasteiger partial charge on any atom is -0.475 e. The zero-order chi connectivity index (χ0) is 12.6. The summed E-state index contributed by atoms with van der Waals surface area (Å²) >= 11 is 0. The lowest BCUT2D eigenvalue weighted by Crippen LogP contribution is -2.37. The van der Waals surface area contributed by atoms with Gasteiger partial charge in [-0.15, -0.1) is 0 Å². The van der Waals surface area contributed by atoms with Gasteiger partial charge in [0.15, 0.2) is 0 Å². The summed E-state index contributed by atoms with van der Waals surface area (Å²) in [5, 5.41) is 8.88. The number of nitrogens with zero attached hydrogens (tertiary/aromatic N) is 1. The van der Waals surface area contributed by atoms with E-state index in [1.54, 1.807) is 6.07 Å². The monoisotopic (exact) mass is 237 g/mol. The SMILES string of the molecule is Cc1oc(C(=O)O)cc1CN1CCCC1(C)C. The highest BCUT2D eigenvalue weighted by Crippen LogP contribution is 2.30. The highest BCUT2D eigenvalue weighted by atomic mass is 16.4. The molecule has 4 nitrogen and oxygen atoms in total. The van der Waals surface area contributed by atoms with E-state index in [1.807, 2.05) is 6.92 Å². The summed E-state index contributed by atoms with van der Waals surface area (Å²) in [6.45, 7) is 8.13. The van der Waals surface area contributed by atoms with Crippen LogP contribution in [0.15, 0.2) is 10.5 Å². The van der Waals surface area contributed by atoms with Crippen LogP contribution >= 0.6 is 0 Å². The highest BCUT2D eigenvalue weighted by molar-refractivity contribution is 5.84. The quantitative estimate of drug-likeness (QED) is 0.878. The van der Waals surface area contributed by atoms with E-state index in [4.69, 9.17) is 9.52 Å². The maximum absolute atomic E-state index is 10.8. The second kappa shape index (κ2) is 4.18. The Morgan fingerprint density at radius 1 is 1.59 bits per heavy atom. The largest absolute Gasteiger partial charge is 0.475 e. The molecule has 0 aromatic carbocycles. The van der Waals surface area contributed by atoms with Crippen molar-refractivity contribution in [2.75, 3.05) is 6.54 Å². The predicted octanol–water partition coefficient (Wildman–Crippen LogP) is 2.66. The number of hydrogen-bond donors (Lipinski definition) is 1. The summed E-state index contributed by atoms with van der Waals surface area (Å²) in [4.78, 5) is 13.2. The van der Waals surface area contributed by atoms with Gasteiger partial charge in [-0.25, -0.2) is 4.79 Å². The molecular formula is C13H19NO3. The third kappa shape index (κ3) is 2.36. The Labute approximate surface area is 101 Å². The number of carboxylic acid groups (broad SMARTS) is 1. The van der Waals surface area contributed by atoms with Crippen molar-refractivity contribution in [3.05, 3.63) is 23.2 Å². The van der Waals surface area contributed by atoms with Crippen LogP contribution in [0.4, 0.5) is 0 Å². The first-order chi connectivity index (χ1) is 7.90. The standard InChI is InChI=1S/C13H19NO3/c1-9-10(7-11(17-9)12(15)16)8-14-6-4-5-13(14,2)3/h7H,4-6,8H2,1-3H3,(H,15,16). The van der Waals surface area contributed by atoms with Crippen LogP contribution in [0.5, 0.6) is 0 Å². The molecule has 0 aliphatic carbocycles. The molecule has 1 aliphatic heterocycles. The number of likely N-dealkylation sites (tertiary alicyclic amines) is 1. The normalized spacial score (nSPS) is 19.7. The first-order valence-electron chi connectivity index (χ1n) is 5.98. The van der Waals surface area contributed by atoms with Crippen molar-refractivity contribution in [1.82, 2.24) is 4.90 Å². The second-order valence-electron chi connectivity index (χ2n) is 5.33. The fourth-order valence-electron chi connectivity index (χ4n) is 2.44. The van der Waals surface area contributed by atoms with E-state index in [-0.39, 0.29) is 11.3 Å². The van der Waals surface area contributed by atoms with Crippen LogP contribution in [0.25, 0.3) is 0 Å². The lowest BCUT2D eigenvalue weighted by molar-refractivity contribution is 0.0661. The number of hydrogen-bond acceptors (Lipinski definition) is 3. The summed E-state index contributed by atoms with van der Waals surface area (Å²) in [7, 11) is 0. The number of rotatable bonds is 3. The third-order valence-corrected chi connectivity index (χ3v) is 3.67. The molecule has 2 heterocycles. The van der Waals surface area contributed by atoms with Crippen LogP contribution in [-0.4, -0.2) is 28.1 Å². The molecule has 0 spiro atoms. The van der Waals surface area contributed by atoms with Crippen LogP contribution < -0.4 is 0 Å². The first kappa shape index (κ1) is 12.2. The average molecular weight is 237 g/mol. The smallest absolute Gasteiger partial charge is 0.371 e. The maximum Gasteiger partial charge on any atom is 0.371 e. The van der Waals surface area contributed by atoms with Gasteiger partial charge in [-0.05, 0) is 46.2 Å². The molecule has 1 fully saturated rings.